The smallest absolute Gasteiger partial charge is 0.161 e. The van der Waals surface area contributed by atoms with Crippen molar-refractivity contribution >= 4 is 0 Å². The van der Waals surface area contributed by atoms with Gasteiger partial charge >= 0.3 is 0 Å². The average Bonchev–Trinajstić information content (AvgIpc) is 2.85. The molecule has 0 atom stereocenters. The van der Waals surface area contributed by atoms with Crippen molar-refractivity contribution in [3.63, 3.8) is 0 Å². The Morgan fingerprint density at radius 1 is 1.25 bits per heavy atom. The number of aromatic nitrogens is 2. The van der Waals surface area contributed by atoms with Crippen molar-refractivity contribution in [2.24, 2.45) is 12.8 Å². The molecule has 0 fully saturated rings. The van der Waals surface area contributed by atoms with Crippen molar-refractivity contribution in [1.29, 1.82) is 0 Å². The van der Waals surface area contributed by atoms with E-state index in [9.17, 15) is 0 Å². The van der Waals surface area contributed by atoms with Crippen LogP contribution in [0, 0.1) is 0 Å². The normalized spacial score (nSPS) is 10.6. The molecule has 0 aliphatic heterocycles. The highest BCUT2D eigenvalue weighted by Gasteiger charge is 2.08. The first-order chi connectivity index (χ1) is 9.67. The molecule has 5 heteroatoms. The Kier molecular flexibility index (Phi) is 4.63. The standard InChI is InChI=1S/C15H21N3O2/c1-4-12-8-13(18(2)17-12)10-20-14-6-5-11(9-16)7-15(14)19-3/h5-8H,4,9-10,16H2,1-3H3. The topological polar surface area (TPSA) is 62.3 Å². The lowest BCUT2D eigenvalue weighted by Crippen LogP contribution is -2.04. The molecule has 108 valence electrons. The molecule has 0 radical (unpaired) electrons. The average molecular weight is 275 g/mol. The molecule has 5 nitrogen and oxygen atoms in total. The van der Waals surface area contributed by atoms with E-state index in [-0.39, 0.29) is 0 Å². The third kappa shape index (κ3) is 3.11. The summed E-state index contributed by atoms with van der Waals surface area (Å²) in [7, 11) is 3.55. The second-order valence-corrected chi connectivity index (χ2v) is 4.58. The maximum Gasteiger partial charge on any atom is 0.161 e. The van der Waals surface area contributed by atoms with Gasteiger partial charge in [-0.05, 0) is 30.2 Å². The van der Waals surface area contributed by atoms with Gasteiger partial charge in [0.1, 0.15) is 6.61 Å². The number of hydrogen-bond acceptors (Lipinski definition) is 4. The SMILES string of the molecule is CCc1cc(COc2ccc(CN)cc2OC)n(C)n1. The van der Waals surface area contributed by atoms with E-state index in [0.29, 0.717) is 24.7 Å². The molecular weight excluding hydrogens is 254 g/mol. The number of benzene rings is 1. The first kappa shape index (κ1) is 14.4. The maximum absolute atomic E-state index is 5.83. The van der Waals surface area contributed by atoms with Crippen molar-refractivity contribution in [2.75, 3.05) is 7.11 Å². The monoisotopic (exact) mass is 275 g/mol. The number of methoxy groups -OCH3 is 1. The van der Waals surface area contributed by atoms with Gasteiger partial charge in [-0.1, -0.05) is 13.0 Å². The van der Waals surface area contributed by atoms with Gasteiger partial charge in [-0.25, -0.2) is 0 Å². The van der Waals surface area contributed by atoms with Crippen LogP contribution in [0.2, 0.25) is 0 Å². The molecule has 1 aromatic heterocycles. The van der Waals surface area contributed by atoms with Crippen LogP contribution in [-0.4, -0.2) is 16.9 Å². The molecule has 2 rings (SSSR count). The van der Waals surface area contributed by atoms with Gasteiger partial charge in [-0.15, -0.1) is 0 Å². The lowest BCUT2D eigenvalue weighted by Gasteiger charge is -2.11. The largest absolute Gasteiger partial charge is 0.493 e. The first-order valence-electron chi connectivity index (χ1n) is 6.69. The lowest BCUT2D eigenvalue weighted by molar-refractivity contribution is 0.275. The Labute approximate surface area is 119 Å². The Balaban J connectivity index is 2.11. The van der Waals surface area contributed by atoms with E-state index in [2.05, 4.69) is 18.1 Å². The van der Waals surface area contributed by atoms with Crippen molar-refractivity contribution < 1.29 is 9.47 Å². The number of nitrogens with two attached hydrogens (primary N) is 1. The fraction of sp³-hybridized carbons (Fsp3) is 0.400. The molecule has 0 saturated heterocycles. The summed E-state index contributed by atoms with van der Waals surface area (Å²) in [6.45, 7) is 3.03. The Morgan fingerprint density at radius 2 is 2.05 bits per heavy atom. The van der Waals surface area contributed by atoms with Gasteiger partial charge in [0.2, 0.25) is 0 Å². The summed E-state index contributed by atoms with van der Waals surface area (Å²) in [4.78, 5) is 0. The zero-order valence-corrected chi connectivity index (χ0v) is 12.2. The summed E-state index contributed by atoms with van der Waals surface area (Å²) in [5.41, 5.74) is 8.74. The Hall–Kier alpha value is -2.01. The summed E-state index contributed by atoms with van der Waals surface area (Å²) in [6.07, 6.45) is 0.919. The summed E-state index contributed by atoms with van der Waals surface area (Å²) >= 11 is 0. The molecule has 20 heavy (non-hydrogen) atoms. The van der Waals surface area contributed by atoms with Gasteiger partial charge in [0.15, 0.2) is 11.5 Å². The van der Waals surface area contributed by atoms with Crippen LogP contribution >= 0.6 is 0 Å². The molecule has 1 aromatic carbocycles. The predicted molar refractivity (Wildman–Crippen MR) is 77.8 cm³/mol. The fourth-order valence-corrected chi connectivity index (χ4v) is 1.99. The number of rotatable bonds is 6. The minimum atomic E-state index is 0.460. The molecule has 0 unspecified atom stereocenters. The molecule has 0 bridgehead atoms. The molecule has 0 amide bonds. The van der Waals surface area contributed by atoms with Crippen LogP contribution < -0.4 is 15.2 Å². The van der Waals surface area contributed by atoms with Crippen LogP contribution in [0.4, 0.5) is 0 Å². The van der Waals surface area contributed by atoms with Crippen LogP contribution in [0.15, 0.2) is 24.3 Å². The van der Waals surface area contributed by atoms with E-state index in [1.165, 1.54) is 0 Å². The first-order valence-corrected chi connectivity index (χ1v) is 6.69. The van der Waals surface area contributed by atoms with Gasteiger partial charge in [0.25, 0.3) is 0 Å². The third-order valence-corrected chi connectivity index (χ3v) is 3.23. The highest BCUT2D eigenvalue weighted by molar-refractivity contribution is 5.43. The van der Waals surface area contributed by atoms with E-state index in [1.807, 2.05) is 29.9 Å². The van der Waals surface area contributed by atoms with Gasteiger partial charge in [0.05, 0.1) is 18.5 Å². The third-order valence-electron chi connectivity index (χ3n) is 3.23. The molecule has 0 saturated carbocycles. The molecular formula is C15H21N3O2. The number of aryl methyl sites for hydroxylation is 2. The summed E-state index contributed by atoms with van der Waals surface area (Å²) < 4.78 is 13.0. The number of ether oxygens (including phenoxy) is 2. The molecule has 1 heterocycles. The van der Waals surface area contributed by atoms with Gasteiger partial charge < -0.3 is 15.2 Å². The summed E-state index contributed by atoms with van der Waals surface area (Å²) in [5, 5.41) is 4.40. The molecule has 0 aliphatic rings. The summed E-state index contributed by atoms with van der Waals surface area (Å²) in [6, 6.07) is 7.79. The second-order valence-electron chi connectivity index (χ2n) is 4.58. The highest BCUT2D eigenvalue weighted by Crippen LogP contribution is 2.28. The van der Waals surface area contributed by atoms with E-state index in [0.717, 1.165) is 23.4 Å². The quantitative estimate of drug-likeness (QED) is 0.876. The van der Waals surface area contributed by atoms with Crippen LogP contribution in [0.5, 0.6) is 11.5 Å². The van der Waals surface area contributed by atoms with Crippen molar-refractivity contribution in [2.45, 2.75) is 26.5 Å². The Morgan fingerprint density at radius 3 is 2.65 bits per heavy atom. The fourth-order valence-electron chi connectivity index (χ4n) is 1.99. The maximum atomic E-state index is 5.83. The lowest BCUT2D eigenvalue weighted by atomic mass is 10.2. The predicted octanol–water partition coefficient (Wildman–Crippen LogP) is 2.03. The zero-order chi connectivity index (χ0) is 14.5. The number of hydrogen-bond donors (Lipinski definition) is 1. The van der Waals surface area contributed by atoms with E-state index in [1.54, 1.807) is 7.11 Å². The van der Waals surface area contributed by atoms with Gasteiger partial charge in [-0.3, -0.25) is 4.68 Å². The van der Waals surface area contributed by atoms with Crippen molar-refractivity contribution in [3.05, 3.63) is 41.2 Å². The Bertz CT molecular complexity index is 578. The minimum Gasteiger partial charge on any atom is -0.493 e. The minimum absolute atomic E-state index is 0.460. The molecule has 0 spiro atoms. The van der Waals surface area contributed by atoms with E-state index < -0.39 is 0 Å². The van der Waals surface area contributed by atoms with Gasteiger partial charge in [0, 0.05) is 13.6 Å². The highest BCUT2D eigenvalue weighted by atomic mass is 16.5. The second kappa shape index (κ2) is 6.43. The van der Waals surface area contributed by atoms with Crippen LogP contribution in [0.3, 0.4) is 0 Å². The zero-order valence-electron chi connectivity index (χ0n) is 12.2. The van der Waals surface area contributed by atoms with Gasteiger partial charge in [-0.2, -0.15) is 5.10 Å². The molecule has 2 aromatic rings. The van der Waals surface area contributed by atoms with Crippen LogP contribution in [0.1, 0.15) is 23.9 Å². The summed E-state index contributed by atoms with van der Waals surface area (Å²) in [5.74, 6) is 1.41. The number of nitrogens with zero attached hydrogens (tertiary/aromatic N) is 2. The van der Waals surface area contributed by atoms with Crippen molar-refractivity contribution in [3.8, 4) is 11.5 Å². The molecule has 0 aliphatic carbocycles. The van der Waals surface area contributed by atoms with E-state index in [4.69, 9.17) is 15.2 Å². The van der Waals surface area contributed by atoms with E-state index >= 15 is 0 Å². The van der Waals surface area contributed by atoms with Crippen LogP contribution in [-0.2, 0) is 26.6 Å². The van der Waals surface area contributed by atoms with Crippen LogP contribution in [0.25, 0.3) is 0 Å². The van der Waals surface area contributed by atoms with Crippen molar-refractivity contribution in [1.82, 2.24) is 9.78 Å². The molecule has 2 N–H and O–H groups in total.